The Labute approximate surface area is 137 Å². The highest BCUT2D eigenvalue weighted by atomic mass is 16.5. The lowest BCUT2D eigenvalue weighted by atomic mass is 10.2. The van der Waals surface area contributed by atoms with Crippen LogP contribution in [0.4, 0.5) is 0 Å². The molecule has 118 valence electrons. The van der Waals surface area contributed by atoms with E-state index >= 15 is 0 Å². The number of carbonyl (C=O) groups is 1. The Morgan fingerprint density at radius 1 is 1.04 bits per heavy atom. The molecule has 0 saturated carbocycles. The zero-order chi connectivity index (χ0) is 16.4. The molecule has 1 amide bonds. The van der Waals surface area contributed by atoms with Crippen LogP contribution in [0.3, 0.4) is 0 Å². The van der Waals surface area contributed by atoms with Gasteiger partial charge in [0, 0.05) is 17.6 Å². The minimum Gasteiger partial charge on any atom is -0.453 e. The molecule has 0 spiro atoms. The third kappa shape index (κ3) is 2.77. The van der Waals surface area contributed by atoms with Crippen molar-refractivity contribution in [1.82, 2.24) is 15.5 Å². The van der Waals surface area contributed by atoms with E-state index in [0.717, 1.165) is 11.0 Å². The normalized spacial score (nSPS) is 10.8. The van der Waals surface area contributed by atoms with Gasteiger partial charge in [0.25, 0.3) is 5.91 Å². The van der Waals surface area contributed by atoms with E-state index < -0.39 is 0 Å². The molecular formula is C18H13N3O3. The first-order valence-electron chi connectivity index (χ1n) is 7.43. The van der Waals surface area contributed by atoms with E-state index in [2.05, 4.69) is 15.5 Å². The molecule has 0 aliphatic heterocycles. The topological polar surface area (TPSA) is 81.2 Å². The highest BCUT2D eigenvalue weighted by Gasteiger charge is 2.13. The summed E-state index contributed by atoms with van der Waals surface area (Å²) < 4.78 is 11.0. The zero-order valence-corrected chi connectivity index (χ0v) is 12.6. The average Bonchev–Trinajstić information content (AvgIpc) is 3.27. The maximum Gasteiger partial charge on any atom is 0.270 e. The lowest BCUT2D eigenvalue weighted by Crippen LogP contribution is -2.23. The number of pyridine rings is 1. The van der Waals surface area contributed by atoms with Crippen LogP contribution < -0.4 is 5.32 Å². The third-order valence-electron chi connectivity index (χ3n) is 3.55. The van der Waals surface area contributed by atoms with E-state index in [4.69, 9.17) is 8.94 Å². The van der Waals surface area contributed by atoms with Crippen LogP contribution in [0.15, 0.2) is 69.7 Å². The maximum absolute atomic E-state index is 12.0. The minimum atomic E-state index is -0.260. The largest absolute Gasteiger partial charge is 0.453 e. The molecule has 24 heavy (non-hydrogen) atoms. The van der Waals surface area contributed by atoms with Crippen molar-refractivity contribution in [1.29, 1.82) is 0 Å². The van der Waals surface area contributed by atoms with Crippen LogP contribution in [-0.4, -0.2) is 16.0 Å². The Morgan fingerprint density at radius 2 is 1.92 bits per heavy atom. The Hall–Kier alpha value is -3.41. The molecule has 3 aromatic heterocycles. The van der Waals surface area contributed by atoms with Crippen molar-refractivity contribution in [3.8, 4) is 11.5 Å². The van der Waals surface area contributed by atoms with Crippen LogP contribution in [-0.2, 0) is 6.54 Å². The monoisotopic (exact) mass is 319 g/mol. The second-order valence-electron chi connectivity index (χ2n) is 5.23. The molecule has 4 aromatic rings. The smallest absolute Gasteiger partial charge is 0.270 e. The molecule has 1 N–H and O–H groups in total. The lowest BCUT2D eigenvalue weighted by Gasteiger charge is -2.00. The van der Waals surface area contributed by atoms with E-state index in [1.165, 1.54) is 0 Å². The summed E-state index contributed by atoms with van der Waals surface area (Å²) in [5, 5.41) is 7.70. The first-order valence-corrected chi connectivity index (χ1v) is 7.43. The van der Waals surface area contributed by atoms with E-state index in [9.17, 15) is 4.79 Å². The van der Waals surface area contributed by atoms with Gasteiger partial charge in [-0.2, -0.15) is 0 Å². The molecule has 3 heterocycles. The van der Waals surface area contributed by atoms with E-state index in [1.807, 2.05) is 30.3 Å². The van der Waals surface area contributed by atoms with Crippen molar-refractivity contribution in [2.75, 3.05) is 0 Å². The maximum atomic E-state index is 12.0. The van der Waals surface area contributed by atoms with Crippen LogP contribution in [0.2, 0.25) is 0 Å². The molecule has 0 saturated heterocycles. The van der Waals surface area contributed by atoms with Crippen molar-refractivity contribution in [3.05, 3.63) is 72.2 Å². The van der Waals surface area contributed by atoms with Gasteiger partial charge in [0.05, 0.1) is 6.54 Å². The van der Waals surface area contributed by atoms with Crippen molar-refractivity contribution in [3.63, 3.8) is 0 Å². The SMILES string of the molecule is O=C(NCc1cc(-c2cc3ccccc3o2)on1)c1ccccn1. The van der Waals surface area contributed by atoms with Gasteiger partial charge in [-0.25, -0.2) is 0 Å². The number of aromatic nitrogens is 2. The number of nitrogens with zero attached hydrogens (tertiary/aromatic N) is 2. The number of hydrogen-bond donors (Lipinski definition) is 1. The van der Waals surface area contributed by atoms with Crippen molar-refractivity contribution >= 4 is 16.9 Å². The van der Waals surface area contributed by atoms with Gasteiger partial charge >= 0.3 is 0 Å². The summed E-state index contributed by atoms with van der Waals surface area (Å²) >= 11 is 0. The molecule has 4 rings (SSSR count). The van der Waals surface area contributed by atoms with Crippen LogP contribution in [0.25, 0.3) is 22.5 Å². The van der Waals surface area contributed by atoms with E-state index in [1.54, 1.807) is 30.5 Å². The first-order chi connectivity index (χ1) is 11.8. The molecule has 0 atom stereocenters. The fraction of sp³-hybridized carbons (Fsp3) is 0.0556. The van der Waals surface area contributed by atoms with E-state index in [-0.39, 0.29) is 12.5 Å². The minimum absolute atomic E-state index is 0.249. The van der Waals surface area contributed by atoms with Gasteiger partial charge in [-0.05, 0) is 24.3 Å². The Kier molecular flexibility index (Phi) is 3.55. The molecule has 0 unspecified atom stereocenters. The first kappa shape index (κ1) is 14.2. The number of nitrogens with one attached hydrogen (secondary N) is 1. The molecule has 0 fully saturated rings. The van der Waals surface area contributed by atoms with Gasteiger partial charge in [-0.3, -0.25) is 9.78 Å². The number of hydrogen-bond acceptors (Lipinski definition) is 5. The van der Waals surface area contributed by atoms with Crippen molar-refractivity contribution in [2.24, 2.45) is 0 Å². The van der Waals surface area contributed by atoms with Gasteiger partial charge in [-0.15, -0.1) is 0 Å². The summed E-state index contributed by atoms with van der Waals surface area (Å²) in [7, 11) is 0. The Bertz CT molecular complexity index is 956. The predicted molar refractivity (Wildman–Crippen MR) is 87.1 cm³/mol. The average molecular weight is 319 g/mol. The van der Waals surface area contributed by atoms with Crippen LogP contribution in [0.1, 0.15) is 16.2 Å². The van der Waals surface area contributed by atoms with Crippen LogP contribution in [0, 0.1) is 0 Å². The molecule has 6 heteroatoms. The summed E-state index contributed by atoms with van der Waals surface area (Å²) in [6, 6.07) is 16.5. The summed E-state index contributed by atoms with van der Waals surface area (Å²) in [6.45, 7) is 0.249. The molecule has 0 aliphatic carbocycles. The number of amides is 1. The van der Waals surface area contributed by atoms with Crippen molar-refractivity contribution in [2.45, 2.75) is 6.54 Å². The number of para-hydroxylation sites is 1. The molecule has 0 radical (unpaired) electrons. The van der Waals surface area contributed by atoms with Gasteiger partial charge < -0.3 is 14.3 Å². The zero-order valence-electron chi connectivity index (χ0n) is 12.6. The summed E-state index contributed by atoms with van der Waals surface area (Å²) in [5.74, 6) is 0.864. The Balaban J connectivity index is 1.48. The van der Waals surface area contributed by atoms with Gasteiger partial charge in [-0.1, -0.05) is 29.4 Å². The number of rotatable bonds is 4. The van der Waals surface area contributed by atoms with Gasteiger partial charge in [0.15, 0.2) is 5.76 Å². The second kappa shape index (κ2) is 6.00. The number of benzene rings is 1. The second-order valence-corrected chi connectivity index (χ2v) is 5.23. The number of fused-ring (bicyclic) bond motifs is 1. The summed E-state index contributed by atoms with van der Waals surface area (Å²) in [5.41, 5.74) is 1.75. The molecule has 1 aromatic carbocycles. The van der Waals surface area contributed by atoms with Crippen LogP contribution >= 0.6 is 0 Å². The fourth-order valence-electron chi connectivity index (χ4n) is 2.37. The van der Waals surface area contributed by atoms with Crippen LogP contribution in [0.5, 0.6) is 0 Å². The summed E-state index contributed by atoms with van der Waals surface area (Å²) in [6.07, 6.45) is 1.57. The van der Waals surface area contributed by atoms with E-state index in [0.29, 0.717) is 22.9 Å². The predicted octanol–water partition coefficient (Wildman–Crippen LogP) is 3.41. The third-order valence-corrected chi connectivity index (χ3v) is 3.55. The molecule has 6 nitrogen and oxygen atoms in total. The van der Waals surface area contributed by atoms with Gasteiger partial charge in [0.2, 0.25) is 5.76 Å². The van der Waals surface area contributed by atoms with Crippen molar-refractivity contribution < 1.29 is 13.7 Å². The standard InChI is InChI=1S/C18H13N3O3/c22-18(14-6-3-4-8-19-14)20-11-13-10-17(24-21-13)16-9-12-5-1-2-7-15(12)23-16/h1-10H,11H2,(H,20,22). The molecule has 0 bridgehead atoms. The molecular weight excluding hydrogens is 306 g/mol. The number of carbonyl (C=O) groups excluding carboxylic acids is 1. The van der Waals surface area contributed by atoms with Gasteiger partial charge in [0.1, 0.15) is 17.0 Å². The fourth-order valence-corrected chi connectivity index (χ4v) is 2.37. The highest BCUT2D eigenvalue weighted by Crippen LogP contribution is 2.28. The summed E-state index contributed by atoms with van der Waals surface area (Å²) in [4.78, 5) is 16.0. The quantitative estimate of drug-likeness (QED) is 0.623. The Morgan fingerprint density at radius 3 is 2.75 bits per heavy atom. The lowest BCUT2D eigenvalue weighted by molar-refractivity contribution is 0.0945. The molecule has 0 aliphatic rings. The highest BCUT2D eigenvalue weighted by molar-refractivity contribution is 5.92. The number of furan rings is 1.